The Morgan fingerprint density at radius 3 is 2.89 bits per heavy atom. The van der Waals surface area contributed by atoms with Gasteiger partial charge >= 0.3 is 0 Å². The number of anilines is 1. The first-order valence-electron chi connectivity index (χ1n) is 6.59. The van der Waals surface area contributed by atoms with E-state index < -0.39 is 0 Å². The van der Waals surface area contributed by atoms with Crippen molar-refractivity contribution in [3.05, 3.63) is 29.8 Å². The van der Waals surface area contributed by atoms with Crippen LogP contribution in [0.3, 0.4) is 0 Å². The number of rotatable bonds is 3. The molecule has 1 aliphatic rings. The summed E-state index contributed by atoms with van der Waals surface area (Å²) in [5.74, 6) is 4.89. The molecule has 3 heteroatoms. The quantitative estimate of drug-likeness (QED) is 0.838. The maximum absolute atomic E-state index is 11.3. The molecule has 0 fully saturated rings. The Balaban J connectivity index is 2.00. The highest BCUT2D eigenvalue weighted by atomic mass is 16.1. The van der Waals surface area contributed by atoms with Crippen molar-refractivity contribution in [2.45, 2.75) is 26.2 Å². The lowest BCUT2D eigenvalue weighted by Gasteiger charge is -2.22. The molecular formula is C16H20N2O. The molecule has 0 aromatic heterocycles. The molecule has 0 unspecified atom stereocenters. The fourth-order valence-corrected chi connectivity index (χ4v) is 2.63. The molecule has 19 heavy (non-hydrogen) atoms. The molecular weight excluding hydrogens is 236 g/mol. The number of fused-ring (bicyclic) bond motifs is 1. The van der Waals surface area contributed by atoms with Crippen LogP contribution in [0, 0.1) is 11.8 Å². The summed E-state index contributed by atoms with van der Waals surface area (Å²) in [7, 11) is 0. The van der Waals surface area contributed by atoms with Gasteiger partial charge < -0.3 is 10.2 Å². The average molecular weight is 256 g/mol. The van der Waals surface area contributed by atoms with Crippen LogP contribution in [0.4, 0.5) is 5.69 Å². The third kappa shape index (κ3) is 2.90. The molecule has 3 nitrogen and oxygen atoms in total. The molecule has 0 spiro atoms. The highest BCUT2D eigenvalue weighted by Gasteiger charge is 2.34. The Kier molecular flexibility index (Phi) is 3.80. The van der Waals surface area contributed by atoms with Crippen molar-refractivity contribution in [1.29, 1.82) is 0 Å². The maximum atomic E-state index is 11.3. The fourth-order valence-electron chi connectivity index (χ4n) is 2.63. The minimum Gasteiger partial charge on any atom is -0.369 e. The standard InChI is InChI=1S/C16H20N2O/c1-4-7-15(19)17-10-11-18-12-16(2,3)13-8-5-6-9-14(13)18/h5-6,8-9H,10-12H2,1-3H3,(H,17,19). The zero-order valence-corrected chi connectivity index (χ0v) is 11.8. The van der Waals surface area contributed by atoms with Gasteiger partial charge in [0, 0.05) is 30.7 Å². The van der Waals surface area contributed by atoms with E-state index in [2.05, 4.69) is 60.2 Å². The Morgan fingerprint density at radius 2 is 2.16 bits per heavy atom. The number of para-hydroxylation sites is 1. The molecule has 1 aromatic rings. The van der Waals surface area contributed by atoms with Crippen molar-refractivity contribution in [3.8, 4) is 11.8 Å². The minimum absolute atomic E-state index is 0.170. The van der Waals surface area contributed by atoms with Crippen LogP contribution in [0.2, 0.25) is 0 Å². The highest BCUT2D eigenvalue weighted by molar-refractivity contribution is 5.93. The number of hydrogen-bond donors (Lipinski definition) is 1. The van der Waals surface area contributed by atoms with Gasteiger partial charge in [0.05, 0.1) is 0 Å². The lowest BCUT2D eigenvalue weighted by Crippen LogP contribution is -2.36. The predicted octanol–water partition coefficient (Wildman–Crippen LogP) is 1.92. The van der Waals surface area contributed by atoms with Crippen molar-refractivity contribution in [3.63, 3.8) is 0 Å². The minimum atomic E-state index is -0.200. The molecule has 0 aliphatic carbocycles. The Labute approximate surface area is 115 Å². The van der Waals surface area contributed by atoms with Crippen molar-refractivity contribution in [1.82, 2.24) is 5.32 Å². The third-order valence-electron chi connectivity index (χ3n) is 3.47. The first kappa shape index (κ1) is 13.5. The summed E-state index contributed by atoms with van der Waals surface area (Å²) in [6.07, 6.45) is 0. The molecule has 0 atom stereocenters. The molecule has 1 N–H and O–H groups in total. The first-order chi connectivity index (χ1) is 9.04. The van der Waals surface area contributed by atoms with E-state index in [1.807, 2.05) is 0 Å². The van der Waals surface area contributed by atoms with Gasteiger partial charge in [-0.3, -0.25) is 4.79 Å². The van der Waals surface area contributed by atoms with E-state index in [9.17, 15) is 4.79 Å². The van der Waals surface area contributed by atoms with Crippen LogP contribution >= 0.6 is 0 Å². The topological polar surface area (TPSA) is 32.3 Å². The van der Waals surface area contributed by atoms with E-state index in [-0.39, 0.29) is 11.3 Å². The van der Waals surface area contributed by atoms with Gasteiger partial charge in [0.25, 0.3) is 5.91 Å². The SMILES string of the molecule is CC#CC(=O)NCCN1CC(C)(C)c2ccccc21. The van der Waals surface area contributed by atoms with Crippen LogP contribution in [0.15, 0.2) is 24.3 Å². The summed E-state index contributed by atoms with van der Waals surface area (Å²) in [5.41, 5.74) is 2.84. The summed E-state index contributed by atoms with van der Waals surface area (Å²) in [6.45, 7) is 8.61. The zero-order valence-electron chi connectivity index (χ0n) is 11.8. The molecule has 1 heterocycles. The molecule has 1 aromatic carbocycles. The highest BCUT2D eigenvalue weighted by Crippen LogP contribution is 2.39. The molecule has 0 saturated carbocycles. The predicted molar refractivity (Wildman–Crippen MR) is 78.1 cm³/mol. The van der Waals surface area contributed by atoms with Crippen LogP contribution < -0.4 is 10.2 Å². The largest absolute Gasteiger partial charge is 0.369 e. The number of benzene rings is 1. The van der Waals surface area contributed by atoms with Gasteiger partial charge in [-0.2, -0.15) is 0 Å². The number of nitrogens with one attached hydrogen (secondary N) is 1. The van der Waals surface area contributed by atoms with E-state index in [0.29, 0.717) is 6.54 Å². The van der Waals surface area contributed by atoms with Crippen molar-refractivity contribution < 1.29 is 4.79 Å². The van der Waals surface area contributed by atoms with E-state index in [4.69, 9.17) is 0 Å². The molecule has 0 saturated heterocycles. The van der Waals surface area contributed by atoms with Gasteiger partial charge in [0.15, 0.2) is 0 Å². The molecule has 100 valence electrons. The summed E-state index contributed by atoms with van der Waals surface area (Å²) in [5, 5.41) is 2.81. The van der Waals surface area contributed by atoms with Crippen LogP contribution in [-0.2, 0) is 10.2 Å². The number of carbonyl (C=O) groups excluding carboxylic acids is 1. The second-order valence-electron chi connectivity index (χ2n) is 5.45. The monoisotopic (exact) mass is 256 g/mol. The smallest absolute Gasteiger partial charge is 0.295 e. The van der Waals surface area contributed by atoms with Gasteiger partial charge in [0.2, 0.25) is 0 Å². The number of nitrogens with zero attached hydrogens (tertiary/aromatic N) is 1. The van der Waals surface area contributed by atoms with Crippen molar-refractivity contribution in [2.24, 2.45) is 0 Å². The van der Waals surface area contributed by atoms with E-state index in [0.717, 1.165) is 13.1 Å². The number of amides is 1. The average Bonchev–Trinajstić information content (AvgIpc) is 2.62. The fraction of sp³-hybridized carbons (Fsp3) is 0.438. The van der Waals surface area contributed by atoms with E-state index in [1.54, 1.807) is 6.92 Å². The summed E-state index contributed by atoms with van der Waals surface area (Å²) < 4.78 is 0. The first-order valence-corrected chi connectivity index (χ1v) is 6.59. The van der Waals surface area contributed by atoms with Crippen LogP contribution in [0.25, 0.3) is 0 Å². The summed E-state index contributed by atoms with van der Waals surface area (Å²) in [6, 6.07) is 8.49. The Bertz CT molecular complexity index is 537. The van der Waals surface area contributed by atoms with Crippen molar-refractivity contribution >= 4 is 11.6 Å². The number of hydrogen-bond acceptors (Lipinski definition) is 2. The normalized spacial score (nSPS) is 15.4. The molecule has 1 aliphatic heterocycles. The maximum Gasteiger partial charge on any atom is 0.295 e. The number of carbonyl (C=O) groups is 1. The Morgan fingerprint density at radius 1 is 1.42 bits per heavy atom. The van der Waals surface area contributed by atoms with Crippen LogP contribution in [0.5, 0.6) is 0 Å². The lowest BCUT2D eigenvalue weighted by atomic mass is 9.87. The second kappa shape index (κ2) is 5.36. The van der Waals surface area contributed by atoms with Gasteiger partial charge in [-0.15, -0.1) is 0 Å². The van der Waals surface area contributed by atoms with Crippen LogP contribution in [0.1, 0.15) is 26.3 Å². The third-order valence-corrected chi connectivity index (χ3v) is 3.47. The van der Waals surface area contributed by atoms with Gasteiger partial charge in [0.1, 0.15) is 0 Å². The molecule has 1 amide bonds. The molecule has 2 rings (SSSR count). The van der Waals surface area contributed by atoms with Crippen LogP contribution in [-0.4, -0.2) is 25.5 Å². The Hall–Kier alpha value is -1.95. The summed E-state index contributed by atoms with van der Waals surface area (Å²) in [4.78, 5) is 13.6. The molecule has 0 radical (unpaired) electrons. The summed E-state index contributed by atoms with van der Waals surface area (Å²) >= 11 is 0. The second-order valence-corrected chi connectivity index (χ2v) is 5.45. The van der Waals surface area contributed by atoms with Gasteiger partial charge in [-0.1, -0.05) is 38.0 Å². The van der Waals surface area contributed by atoms with Crippen molar-refractivity contribution in [2.75, 3.05) is 24.5 Å². The van der Waals surface area contributed by atoms with E-state index >= 15 is 0 Å². The molecule has 0 bridgehead atoms. The zero-order chi connectivity index (χ0) is 13.9. The van der Waals surface area contributed by atoms with Gasteiger partial charge in [-0.25, -0.2) is 0 Å². The lowest BCUT2D eigenvalue weighted by molar-refractivity contribution is -0.115. The van der Waals surface area contributed by atoms with E-state index in [1.165, 1.54) is 11.3 Å². The van der Waals surface area contributed by atoms with Gasteiger partial charge in [-0.05, 0) is 24.5 Å².